The van der Waals surface area contributed by atoms with Crippen molar-refractivity contribution in [2.45, 2.75) is 32.9 Å². The van der Waals surface area contributed by atoms with Crippen molar-refractivity contribution in [3.63, 3.8) is 0 Å². The monoisotopic (exact) mass is 221 g/mol. The number of hydrogen-bond acceptors (Lipinski definition) is 3. The Bertz CT molecular complexity index is 208. The molecule has 0 aromatic rings. The molecule has 4 nitrogen and oxygen atoms in total. The van der Waals surface area contributed by atoms with Crippen molar-refractivity contribution in [1.29, 1.82) is 0 Å². The van der Waals surface area contributed by atoms with Crippen LogP contribution in [0.25, 0.3) is 0 Å². The molecule has 0 spiro atoms. The lowest BCUT2D eigenvalue weighted by molar-refractivity contribution is -0.129. The number of rotatable bonds is 3. The van der Waals surface area contributed by atoms with E-state index in [1.54, 1.807) is 0 Å². The highest BCUT2D eigenvalue weighted by Crippen LogP contribution is 2.27. The van der Waals surface area contributed by atoms with Crippen LogP contribution in [0.2, 0.25) is 0 Å². The molecule has 1 heterocycles. The van der Waals surface area contributed by atoms with Crippen molar-refractivity contribution in [2.75, 3.05) is 13.1 Å². The Morgan fingerprint density at radius 2 is 2.29 bits per heavy atom. The normalized spacial score (nSPS) is 25.6. The van der Waals surface area contributed by atoms with E-state index in [9.17, 15) is 4.79 Å². The smallest absolute Gasteiger partial charge is 0.237 e. The van der Waals surface area contributed by atoms with Gasteiger partial charge in [-0.15, -0.1) is 12.4 Å². The molecule has 1 aliphatic rings. The minimum Gasteiger partial charge on any atom is -0.351 e. The molecule has 0 radical (unpaired) electrons. The van der Waals surface area contributed by atoms with Crippen LogP contribution in [0, 0.1) is 5.41 Å². The molecular formula is C9H20ClN3O. The third kappa shape index (κ3) is 2.83. The van der Waals surface area contributed by atoms with Gasteiger partial charge in [0.15, 0.2) is 0 Å². The Balaban J connectivity index is 0.00000169. The molecule has 2 atom stereocenters. The van der Waals surface area contributed by atoms with E-state index in [4.69, 9.17) is 5.73 Å². The number of nitrogens with two attached hydrogens (primary N) is 1. The lowest BCUT2D eigenvalue weighted by atomic mass is 9.77. The molecule has 1 amide bonds. The van der Waals surface area contributed by atoms with Crippen molar-refractivity contribution in [3.05, 3.63) is 0 Å². The largest absolute Gasteiger partial charge is 0.351 e. The van der Waals surface area contributed by atoms with Gasteiger partial charge >= 0.3 is 0 Å². The third-order valence-electron chi connectivity index (χ3n) is 2.55. The highest BCUT2D eigenvalue weighted by molar-refractivity contribution is 5.85. The maximum atomic E-state index is 11.6. The molecule has 0 bridgehead atoms. The Morgan fingerprint density at radius 1 is 1.71 bits per heavy atom. The highest BCUT2D eigenvalue weighted by atomic mass is 35.5. The maximum Gasteiger partial charge on any atom is 0.237 e. The van der Waals surface area contributed by atoms with Crippen molar-refractivity contribution in [2.24, 2.45) is 11.1 Å². The molecule has 5 heteroatoms. The van der Waals surface area contributed by atoms with E-state index < -0.39 is 0 Å². The predicted molar refractivity (Wildman–Crippen MR) is 59.5 cm³/mol. The topological polar surface area (TPSA) is 67.1 Å². The molecule has 0 aromatic heterocycles. The van der Waals surface area contributed by atoms with E-state index >= 15 is 0 Å². The lowest BCUT2D eigenvalue weighted by Crippen LogP contribution is -2.66. The van der Waals surface area contributed by atoms with Crippen LogP contribution in [-0.4, -0.2) is 31.1 Å². The number of halogens is 1. The van der Waals surface area contributed by atoms with Gasteiger partial charge in [0.25, 0.3) is 0 Å². The number of amides is 1. The molecule has 1 aliphatic heterocycles. The summed E-state index contributed by atoms with van der Waals surface area (Å²) in [6, 6.07) is 0.00667. The van der Waals surface area contributed by atoms with Gasteiger partial charge in [-0.05, 0) is 6.92 Å². The average molecular weight is 222 g/mol. The van der Waals surface area contributed by atoms with Gasteiger partial charge in [-0.3, -0.25) is 4.79 Å². The van der Waals surface area contributed by atoms with Crippen molar-refractivity contribution >= 4 is 18.3 Å². The molecule has 1 fully saturated rings. The fourth-order valence-electron chi connectivity index (χ4n) is 1.45. The molecule has 14 heavy (non-hydrogen) atoms. The zero-order chi connectivity index (χ0) is 10.1. The van der Waals surface area contributed by atoms with Gasteiger partial charge in [-0.25, -0.2) is 0 Å². The third-order valence-corrected chi connectivity index (χ3v) is 2.55. The summed E-state index contributed by atoms with van der Waals surface area (Å²) >= 11 is 0. The Labute approximate surface area is 91.4 Å². The van der Waals surface area contributed by atoms with Gasteiger partial charge < -0.3 is 16.4 Å². The van der Waals surface area contributed by atoms with Crippen molar-refractivity contribution in [3.8, 4) is 0 Å². The summed E-state index contributed by atoms with van der Waals surface area (Å²) in [6.45, 7) is 7.46. The minimum absolute atomic E-state index is 0. The second kappa shape index (κ2) is 4.96. The summed E-state index contributed by atoms with van der Waals surface area (Å²) in [4.78, 5) is 11.6. The minimum atomic E-state index is -0.0542. The molecule has 84 valence electrons. The van der Waals surface area contributed by atoms with Crippen molar-refractivity contribution in [1.82, 2.24) is 10.6 Å². The first-order valence-corrected chi connectivity index (χ1v) is 4.71. The van der Waals surface area contributed by atoms with Crippen LogP contribution >= 0.6 is 12.4 Å². The molecule has 0 saturated carbocycles. The van der Waals surface area contributed by atoms with Gasteiger partial charge in [0, 0.05) is 24.5 Å². The fourth-order valence-corrected chi connectivity index (χ4v) is 1.45. The molecule has 1 rings (SSSR count). The van der Waals surface area contributed by atoms with Gasteiger partial charge in [0.05, 0.1) is 6.04 Å². The maximum absolute atomic E-state index is 11.6. The first kappa shape index (κ1) is 13.7. The zero-order valence-corrected chi connectivity index (χ0v) is 9.78. The molecule has 1 unspecified atom stereocenters. The van der Waals surface area contributed by atoms with Crippen LogP contribution in [-0.2, 0) is 4.79 Å². The Hall–Kier alpha value is -0.320. The SMILES string of the molecule is C[C@@H](CN)NC(=O)C1NCC1(C)C.Cl. The van der Waals surface area contributed by atoms with Gasteiger partial charge in [0.1, 0.15) is 0 Å². The van der Waals surface area contributed by atoms with E-state index in [-0.39, 0.29) is 35.8 Å². The summed E-state index contributed by atoms with van der Waals surface area (Å²) in [6.07, 6.45) is 0. The van der Waals surface area contributed by atoms with E-state index in [0.717, 1.165) is 6.54 Å². The fraction of sp³-hybridized carbons (Fsp3) is 0.889. The summed E-state index contributed by atoms with van der Waals surface area (Å²) in [5.74, 6) is 0.0641. The van der Waals surface area contributed by atoms with Crippen LogP contribution in [0.15, 0.2) is 0 Å². The number of nitrogens with one attached hydrogen (secondary N) is 2. The summed E-state index contributed by atoms with van der Waals surface area (Å²) in [5, 5.41) is 5.97. The highest BCUT2D eigenvalue weighted by Gasteiger charge is 2.43. The summed E-state index contributed by atoms with van der Waals surface area (Å²) in [5.41, 5.74) is 5.49. The first-order valence-electron chi connectivity index (χ1n) is 4.71. The predicted octanol–water partition coefficient (Wildman–Crippen LogP) is -0.130. The average Bonchev–Trinajstić information content (AvgIpc) is 2.02. The van der Waals surface area contributed by atoms with Crippen LogP contribution in [0.5, 0.6) is 0 Å². The number of carbonyl (C=O) groups is 1. The summed E-state index contributed by atoms with van der Waals surface area (Å²) in [7, 11) is 0. The van der Waals surface area contributed by atoms with Gasteiger partial charge in [0.2, 0.25) is 5.91 Å². The van der Waals surface area contributed by atoms with E-state index in [2.05, 4.69) is 24.5 Å². The molecule has 0 aromatic carbocycles. The molecule has 0 aliphatic carbocycles. The second-order valence-corrected chi connectivity index (χ2v) is 4.45. The number of carbonyl (C=O) groups excluding carboxylic acids is 1. The van der Waals surface area contributed by atoms with Crippen LogP contribution in [0.3, 0.4) is 0 Å². The zero-order valence-electron chi connectivity index (χ0n) is 8.96. The second-order valence-electron chi connectivity index (χ2n) is 4.45. The van der Waals surface area contributed by atoms with Gasteiger partial charge in [-0.1, -0.05) is 13.8 Å². The van der Waals surface area contributed by atoms with E-state index in [1.165, 1.54) is 0 Å². The summed E-state index contributed by atoms with van der Waals surface area (Å²) < 4.78 is 0. The quantitative estimate of drug-likeness (QED) is 0.622. The molecule has 1 saturated heterocycles. The van der Waals surface area contributed by atoms with E-state index in [0.29, 0.717) is 6.54 Å². The lowest BCUT2D eigenvalue weighted by Gasteiger charge is -2.44. The Morgan fingerprint density at radius 3 is 2.57 bits per heavy atom. The molecule has 4 N–H and O–H groups in total. The molecular weight excluding hydrogens is 202 g/mol. The first-order chi connectivity index (χ1) is 5.97. The van der Waals surface area contributed by atoms with Crippen LogP contribution in [0.1, 0.15) is 20.8 Å². The number of hydrogen-bond donors (Lipinski definition) is 3. The van der Waals surface area contributed by atoms with Crippen molar-refractivity contribution < 1.29 is 4.79 Å². The van der Waals surface area contributed by atoms with Gasteiger partial charge in [-0.2, -0.15) is 0 Å². The van der Waals surface area contributed by atoms with Crippen LogP contribution < -0.4 is 16.4 Å². The van der Waals surface area contributed by atoms with Crippen LogP contribution in [0.4, 0.5) is 0 Å². The Kier molecular flexibility index (Phi) is 4.84. The van der Waals surface area contributed by atoms with E-state index in [1.807, 2.05) is 6.92 Å². The standard InChI is InChI=1S/C9H19N3O.ClH/c1-6(4-10)12-8(13)7-9(2,3)5-11-7;/h6-7,11H,4-5,10H2,1-3H3,(H,12,13);1H/t6-,7?;/m0./s1.